The van der Waals surface area contributed by atoms with E-state index < -0.39 is 40.4 Å². The predicted molar refractivity (Wildman–Crippen MR) is 307 cm³/mol. The molecule has 2 aromatic carbocycles. The fraction of sp³-hybridized carbons (Fsp3) is 0.700. The number of nitrogens with zero attached hydrogens (tertiary/aromatic N) is 3. The van der Waals surface area contributed by atoms with Crippen LogP contribution in [0.3, 0.4) is 0 Å². The molecule has 0 aromatic heterocycles. The van der Waals surface area contributed by atoms with Crippen molar-refractivity contribution in [3.63, 3.8) is 0 Å². The van der Waals surface area contributed by atoms with Gasteiger partial charge in [-0.2, -0.15) is 4.31 Å². The molecule has 0 spiro atoms. The van der Waals surface area contributed by atoms with Gasteiger partial charge in [-0.25, -0.2) is 8.42 Å². The maximum Gasteiger partial charge on any atom is 0.253 e. The van der Waals surface area contributed by atoms with Crippen LogP contribution < -0.4 is 37.2 Å². The van der Waals surface area contributed by atoms with Crippen LogP contribution in [0.5, 0.6) is 0 Å². The summed E-state index contributed by atoms with van der Waals surface area (Å²) in [6, 6.07) is 8.40. The van der Waals surface area contributed by atoms with Gasteiger partial charge in [0.1, 0.15) is 18.3 Å². The van der Waals surface area contributed by atoms with E-state index in [1.165, 1.54) is 5.56 Å². The lowest BCUT2D eigenvalue weighted by Crippen LogP contribution is -2.65. The van der Waals surface area contributed by atoms with Crippen LogP contribution in [-0.4, -0.2) is 157 Å². The number of likely N-dealkylation sites (N-methyl/N-ethyl adjacent to an activating group) is 1. The molecule has 2 aromatic rings. The van der Waals surface area contributed by atoms with Gasteiger partial charge >= 0.3 is 0 Å². The Balaban J connectivity index is 0.608. The number of nitrogens with one attached hydrogen (secondary N) is 7. The summed E-state index contributed by atoms with van der Waals surface area (Å²) in [6.07, 6.45) is 13.6. The zero-order valence-corrected chi connectivity index (χ0v) is 48.7. The van der Waals surface area contributed by atoms with E-state index in [1.807, 2.05) is 12.1 Å². The third-order valence-electron chi connectivity index (χ3n) is 20.3. The first-order chi connectivity index (χ1) is 39.0. The Morgan fingerprint density at radius 1 is 0.827 bits per heavy atom. The summed E-state index contributed by atoms with van der Waals surface area (Å²) >= 11 is 6.47. The third kappa shape index (κ3) is 12.5. The van der Waals surface area contributed by atoms with Crippen LogP contribution >= 0.6 is 11.6 Å². The van der Waals surface area contributed by atoms with Crippen molar-refractivity contribution in [1.29, 1.82) is 0 Å². The van der Waals surface area contributed by atoms with Gasteiger partial charge in [0.2, 0.25) is 39.6 Å². The molecule has 19 nitrogen and oxygen atoms in total. The highest BCUT2D eigenvalue weighted by molar-refractivity contribution is 7.89. The summed E-state index contributed by atoms with van der Waals surface area (Å²) in [5.41, 5.74) is 4.23. The van der Waals surface area contributed by atoms with Gasteiger partial charge < -0.3 is 52.1 Å². The number of carbonyl (C=O) groups is 6. The van der Waals surface area contributed by atoms with Gasteiger partial charge in [-0.1, -0.05) is 55.1 Å². The summed E-state index contributed by atoms with van der Waals surface area (Å²) < 4.78 is 29.7. The zero-order valence-electron chi connectivity index (χ0n) is 47.1. The largest absolute Gasteiger partial charge is 0.373 e. The number of aliphatic hydroxyl groups excluding tert-OH is 1. The van der Waals surface area contributed by atoms with E-state index in [1.54, 1.807) is 35.3 Å². The van der Waals surface area contributed by atoms with Crippen molar-refractivity contribution in [1.82, 2.24) is 46.0 Å². The minimum Gasteiger partial charge on any atom is -0.373 e. The van der Waals surface area contributed by atoms with E-state index in [9.17, 15) is 42.3 Å². The smallest absolute Gasteiger partial charge is 0.253 e. The number of likely N-dealkylation sites (tertiary alicyclic amines) is 2. The molecule has 81 heavy (non-hydrogen) atoms. The minimum absolute atomic E-state index is 0.0445. The SMILES string of the molecule is CN[C@@H](C)C(=O)N[C@H](C(=O)N1C[C@@H](NC(=O)CC2C3CC2C3C(=O)NCCCN2CCC(CS(=O)(=O)N3[C@@H]4CC[C@H]3CC(NC(=O)c3cc5c(cc3Cl)NC(O)C5)C4)CC2)C[C@H]1C(=O)NC1CCCc2ccccc21)C1CCCCC1. The lowest BCUT2D eigenvalue weighted by molar-refractivity contribution is -0.184. The quantitative estimate of drug-likeness (QED) is 0.0873. The second kappa shape index (κ2) is 24.8. The molecular formula is C60H85ClN10O9S. The molecule has 10 aliphatic rings. The summed E-state index contributed by atoms with van der Waals surface area (Å²) in [7, 11) is -1.79. The number of piperidine rings is 2. The Morgan fingerprint density at radius 2 is 1.57 bits per heavy atom. The Bertz CT molecular complexity index is 2790. The monoisotopic (exact) mass is 1160 g/mol. The van der Waals surface area contributed by atoms with Gasteiger partial charge in [0.15, 0.2) is 0 Å². The van der Waals surface area contributed by atoms with E-state index in [0.717, 1.165) is 126 Å². The van der Waals surface area contributed by atoms with Crippen molar-refractivity contribution < 1.29 is 42.3 Å². The van der Waals surface area contributed by atoms with Crippen LogP contribution in [0.1, 0.15) is 149 Å². The van der Waals surface area contributed by atoms with Gasteiger partial charge in [0, 0.05) is 61.7 Å². The molecule has 21 heteroatoms. The Labute approximate surface area is 482 Å². The molecule has 8 fully saturated rings. The molecule has 442 valence electrons. The summed E-state index contributed by atoms with van der Waals surface area (Å²) in [5.74, 6) is -0.701. The number of fused-ring (bicyclic) bond motifs is 4. The number of sulfonamides is 1. The van der Waals surface area contributed by atoms with E-state index >= 15 is 0 Å². The molecule has 5 aliphatic heterocycles. The van der Waals surface area contributed by atoms with Crippen molar-refractivity contribution in [2.24, 2.45) is 35.5 Å². The molecule has 11 atom stereocenters. The first kappa shape index (κ1) is 57.9. The molecule has 6 amide bonds. The second-order valence-corrected chi connectivity index (χ2v) is 27.8. The molecule has 8 N–H and O–H groups in total. The van der Waals surface area contributed by atoms with Crippen LogP contribution in [0.25, 0.3) is 0 Å². The van der Waals surface area contributed by atoms with E-state index in [4.69, 9.17) is 11.6 Å². The maximum atomic E-state index is 14.8. The first-order valence-corrected chi connectivity index (χ1v) is 32.5. The molecule has 5 aliphatic carbocycles. The lowest BCUT2D eigenvalue weighted by atomic mass is 9.40. The van der Waals surface area contributed by atoms with Gasteiger partial charge in [0.25, 0.3) is 5.91 Å². The van der Waals surface area contributed by atoms with Gasteiger partial charge in [-0.05, 0) is 182 Å². The van der Waals surface area contributed by atoms with Gasteiger partial charge in [-0.15, -0.1) is 0 Å². The van der Waals surface area contributed by atoms with Crippen molar-refractivity contribution >= 4 is 62.8 Å². The maximum absolute atomic E-state index is 14.8. The van der Waals surface area contributed by atoms with Crippen molar-refractivity contribution in [3.8, 4) is 0 Å². The number of aryl methyl sites for hydroxylation is 1. The average molecular weight is 1160 g/mol. The number of benzene rings is 2. The molecule has 4 saturated carbocycles. The predicted octanol–water partition coefficient (Wildman–Crippen LogP) is 4.12. The van der Waals surface area contributed by atoms with E-state index in [0.29, 0.717) is 36.4 Å². The number of hydrogen-bond acceptors (Lipinski definition) is 12. The standard InChI is InChI=1S/C60H85ClN10O9S/c1-34(62-2)56(74)68-55(37-11-4-3-5-12-37)60(78)70-32-40(28-51(70)58(76)67-49-15-8-13-36-10-6-7-14-43(36)49)64-53(73)30-44-45-29-46(44)54(45)59(77)63-20-9-21-69-22-18-35(19-23-69)33-81(79,80)71-41-16-17-42(71)27-39(26-41)65-57(75)47-24-38-25-52(72)66-50(38)31-48(47)61/h6-7,10,14,24,31,34-35,37,39-42,44-46,49,51-52,54-55,62,66,72H,3-5,8-9,11-13,15-23,25-30,32-33H2,1-2H3,(H,63,77)(H,64,73)(H,65,75)(H,67,76)(H,68,74)/t34-,39?,40-,41-,42+,44?,45?,46?,49?,51-,52?,54?,55-/m0/s1. The van der Waals surface area contributed by atoms with Crippen molar-refractivity contribution in [2.45, 2.75) is 183 Å². The molecule has 0 radical (unpaired) electrons. The number of anilines is 1. The van der Waals surface area contributed by atoms with Gasteiger partial charge in [-0.3, -0.25) is 28.8 Å². The van der Waals surface area contributed by atoms with Crippen LogP contribution in [0.2, 0.25) is 5.02 Å². The van der Waals surface area contributed by atoms with Crippen LogP contribution in [0.4, 0.5) is 5.69 Å². The highest BCUT2D eigenvalue weighted by Gasteiger charge is 2.64. The highest BCUT2D eigenvalue weighted by Crippen LogP contribution is 2.64. The van der Waals surface area contributed by atoms with Crippen LogP contribution in [-0.2, 0) is 46.8 Å². The Kier molecular flexibility index (Phi) is 17.7. The molecule has 4 bridgehead atoms. The molecular weight excluding hydrogens is 1070 g/mol. The average Bonchev–Trinajstić information content (AvgIpc) is 2.43. The molecule has 12 rings (SSSR count). The number of amides is 6. The lowest BCUT2D eigenvalue weighted by Gasteiger charge is -2.63. The number of carbonyl (C=O) groups excluding carboxylic acids is 6. The summed E-state index contributed by atoms with van der Waals surface area (Å²) in [6.45, 7) is 4.90. The number of halogens is 1. The second-order valence-electron chi connectivity index (χ2n) is 25.4. The van der Waals surface area contributed by atoms with Crippen molar-refractivity contribution in [3.05, 3.63) is 63.7 Å². The number of aliphatic hydroxyl groups is 1. The fourth-order valence-electron chi connectivity index (χ4n) is 15.7. The molecule has 5 heterocycles. The topological polar surface area (TPSA) is 251 Å². The number of hydrogen-bond donors (Lipinski definition) is 8. The van der Waals surface area contributed by atoms with E-state index in [2.05, 4.69) is 54.3 Å². The molecule has 4 saturated heterocycles. The molecule has 5 unspecified atom stereocenters. The van der Waals surface area contributed by atoms with Crippen molar-refractivity contribution in [2.75, 3.05) is 50.8 Å². The summed E-state index contributed by atoms with van der Waals surface area (Å²) in [4.78, 5) is 87.1. The zero-order chi connectivity index (χ0) is 56.7. The van der Waals surface area contributed by atoms with Crippen LogP contribution in [0.15, 0.2) is 36.4 Å². The number of rotatable bonds is 20. The third-order valence-corrected chi connectivity index (χ3v) is 22.8. The van der Waals surface area contributed by atoms with Gasteiger partial charge in [0.05, 0.1) is 28.4 Å². The Morgan fingerprint density at radius 3 is 2.30 bits per heavy atom. The first-order valence-electron chi connectivity index (χ1n) is 30.6. The Hall–Kier alpha value is -4.86. The highest BCUT2D eigenvalue weighted by atomic mass is 35.5. The summed E-state index contributed by atoms with van der Waals surface area (Å²) in [5, 5.41) is 32.1. The fourth-order valence-corrected chi connectivity index (χ4v) is 18.4. The van der Waals surface area contributed by atoms with Crippen LogP contribution in [0, 0.1) is 35.5 Å². The van der Waals surface area contributed by atoms with E-state index in [-0.39, 0.29) is 120 Å². The normalized spacial score (nSPS) is 30.8. The minimum atomic E-state index is -3.50.